The molecule has 1 saturated heterocycles. The van der Waals surface area contributed by atoms with Gasteiger partial charge in [0.25, 0.3) is 0 Å². The standard InChI is InChI=1S/C12H20N2O3/c1-3-5-6-7-8-14-11(16)9(4-2)10(15)13-12(14)17/h9H,3-8H2,1-2H3,(H,13,15,17). The van der Waals surface area contributed by atoms with Crippen LogP contribution in [0, 0.1) is 5.92 Å². The van der Waals surface area contributed by atoms with Gasteiger partial charge in [0.2, 0.25) is 11.8 Å². The summed E-state index contributed by atoms with van der Waals surface area (Å²) in [5.41, 5.74) is 0. The SMILES string of the molecule is CCCCCCN1C(=O)NC(=O)C(CC)C1=O. The van der Waals surface area contributed by atoms with E-state index in [0.29, 0.717) is 13.0 Å². The molecule has 4 amide bonds. The van der Waals surface area contributed by atoms with Crippen molar-refractivity contribution in [3.8, 4) is 0 Å². The van der Waals surface area contributed by atoms with Gasteiger partial charge in [0.15, 0.2) is 0 Å². The van der Waals surface area contributed by atoms with Crippen LogP contribution in [0.15, 0.2) is 0 Å². The number of imide groups is 2. The van der Waals surface area contributed by atoms with Gasteiger partial charge in [-0.05, 0) is 12.8 Å². The van der Waals surface area contributed by atoms with Crippen molar-refractivity contribution >= 4 is 17.8 Å². The Hall–Kier alpha value is -1.39. The Morgan fingerprint density at radius 2 is 1.82 bits per heavy atom. The first-order valence-corrected chi connectivity index (χ1v) is 6.28. The molecule has 5 nitrogen and oxygen atoms in total. The number of nitrogens with zero attached hydrogens (tertiary/aromatic N) is 1. The Balaban J connectivity index is 2.54. The number of carbonyl (C=O) groups excluding carboxylic acids is 3. The fourth-order valence-corrected chi connectivity index (χ4v) is 1.93. The van der Waals surface area contributed by atoms with Crippen LogP contribution in [0.4, 0.5) is 4.79 Å². The molecular weight excluding hydrogens is 220 g/mol. The Morgan fingerprint density at radius 3 is 2.41 bits per heavy atom. The van der Waals surface area contributed by atoms with Crippen molar-refractivity contribution in [3.05, 3.63) is 0 Å². The molecule has 1 rings (SSSR count). The summed E-state index contributed by atoms with van der Waals surface area (Å²) in [6.07, 6.45) is 4.44. The average molecular weight is 240 g/mol. The summed E-state index contributed by atoms with van der Waals surface area (Å²) in [4.78, 5) is 36.0. The highest BCUT2D eigenvalue weighted by Crippen LogP contribution is 2.14. The van der Waals surface area contributed by atoms with Crippen LogP contribution < -0.4 is 5.32 Å². The number of nitrogens with one attached hydrogen (secondary N) is 1. The van der Waals surface area contributed by atoms with Gasteiger partial charge >= 0.3 is 6.03 Å². The first-order chi connectivity index (χ1) is 8.11. The molecule has 1 fully saturated rings. The molecule has 0 aliphatic carbocycles. The summed E-state index contributed by atoms with van der Waals surface area (Å²) in [6, 6.07) is -0.568. The summed E-state index contributed by atoms with van der Waals surface area (Å²) < 4.78 is 0. The van der Waals surface area contributed by atoms with Crippen molar-refractivity contribution in [2.75, 3.05) is 6.54 Å². The number of urea groups is 1. The zero-order valence-corrected chi connectivity index (χ0v) is 10.5. The van der Waals surface area contributed by atoms with Crippen molar-refractivity contribution < 1.29 is 14.4 Å². The molecular formula is C12H20N2O3. The molecule has 0 aromatic carbocycles. The highest BCUT2D eigenvalue weighted by atomic mass is 16.2. The number of barbiturate groups is 1. The predicted octanol–water partition coefficient (Wildman–Crippen LogP) is 1.67. The Morgan fingerprint density at radius 1 is 1.12 bits per heavy atom. The molecule has 0 radical (unpaired) electrons. The molecule has 1 aliphatic heterocycles. The average Bonchev–Trinajstić information content (AvgIpc) is 2.28. The van der Waals surface area contributed by atoms with E-state index in [1.165, 1.54) is 4.90 Å². The lowest BCUT2D eigenvalue weighted by molar-refractivity contribution is -0.142. The highest BCUT2D eigenvalue weighted by Gasteiger charge is 2.38. The number of hydrogen-bond acceptors (Lipinski definition) is 3. The minimum atomic E-state index is -0.695. The van der Waals surface area contributed by atoms with Gasteiger partial charge in [-0.1, -0.05) is 33.1 Å². The van der Waals surface area contributed by atoms with Crippen molar-refractivity contribution in [1.29, 1.82) is 0 Å². The summed E-state index contributed by atoms with van der Waals surface area (Å²) in [6.45, 7) is 4.28. The van der Waals surface area contributed by atoms with E-state index in [2.05, 4.69) is 12.2 Å². The van der Waals surface area contributed by atoms with E-state index in [4.69, 9.17) is 0 Å². The molecule has 96 valence electrons. The monoisotopic (exact) mass is 240 g/mol. The third kappa shape index (κ3) is 3.28. The van der Waals surface area contributed by atoms with E-state index in [0.717, 1.165) is 25.7 Å². The van der Waals surface area contributed by atoms with Crippen LogP contribution in [-0.4, -0.2) is 29.3 Å². The molecule has 0 aromatic rings. The first-order valence-electron chi connectivity index (χ1n) is 6.28. The molecule has 0 saturated carbocycles. The number of carbonyl (C=O) groups is 3. The van der Waals surface area contributed by atoms with Crippen LogP contribution in [0.5, 0.6) is 0 Å². The van der Waals surface area contributed by atoms with Gasteiger partial charge in [-0.15, -0.1) is 0 Å². The van der Waals surface area contributed by atoms with Crippen LogP contribution in [0.1, 0.15) is 46.0 Å². The molecule has 0 bridgehead atoms. The lowest BCUT2D eigenvalue weighted by atomic mass is 10.0. The lowest BCUT2D eigenvalue weighted by Crippen LogP contribution is -2.57. The number of rotatable bonds is 6. The first kappa shape index (κ1) is 13.7. The minimum absolute atomic E-state index is 0.349. The number of unbranched alkanes of at least 4 members (excludes halogenated alkanes) is 3. The second kappa shape index (κ2) is 6.37. The highest BCUT2D eigenvalue weighted by molar-refractivity contribution is 6.16. The second-order valence-electron chi connectivity index (χ2n) is 4.31. The summed E-state index contributed by atoms with van der Waals surface area (Å²) in [5.74, 6) is -1.51. The zero-order valence-electron chi connectivity index (χ0n) is 10.5. The van der Waals surface area contributed by atoms with Gasteiger partial charge in [-0.25, -0.2) is 4.79 Å². The quantitative estimate of drug-likeness (QED) is 0.567. The molecule has 1 unspecified atom stereocenters. The molecule has 1 N–H and O–H groups in total. The van der Waals surface area contributed by atoms with Crippen LogP contribution in [0.2, 0.25) is 0 Å². The molecule has 1 aliphatic rings. The summed E-state index contributed by atoms with van der Waals surface area (Å²) >= 11 is 0. The maximum absolute atomic E-state index is 11.9. The Bertz CT molecular complexity index is 315. The lowest BCUT2D eigenvalue weighted by Gasteiger charge is -2.29. The summed E-state index contributed by atoms with van der Waals surface area (Å²) in [5, 5.41) is 2.23. The molecule has 17 heavy (non-hydrogen) atoms. The number of amides is 4. The zero-order chi connectivity index (χ0) is 12.8. The molecule has 0 spiro atoms. The van der Waals surface area contributed by atoms with Crippen molar-refractivity contribution in [1.82, 2.24) is 10.2 Å². The van der Waals surface area contributed by atoms with E-state index in [1.807, 2.05) is 0 Å². The summed E-state index contributed by atoms with van der Waals surface area (Å²) in [7, 11) is 0. The van der Waals surface area contributed by atoms with E-state index >= 15 is 0 Å². The third-order valence-corrected chi connectivity index (χ3v) is 3.00. The largest absolute Gasteiger partial charge is 0.330 e. The maximum Gasteiger partial charge on any atom is 0.330 e. The number of hydrogen-bond donors (Lipinski definition) is 1. The van der Waals surface area contributed by atoms with Crippen molar-refractivity contribution in [2.45, 2.75) is 46.0 Å². The van der Waals surface area contributed by atoms with Gasteiger partial charge in [0, 0.05) is 6.54 Å². The van der Waals surface area contributed by atoms with Crippen molar-refractivity contribution in [2.24, 2.45) is 5.92 Å². The molecule has 0 aromatic heterocycles. The van der Waals surface area contributed by atoms with E-state index in [-0.39, 0.29) is 5.91 Å². The molecule has 1 heterocycles. The van der Waals surface area contributed by atoms with Crippen LogP contribution >= 0.6 is 0 Å². The van der Waals surface area contributed by atoms with E-state index in [1.54, 1.807) is 6.92 Å². The van der Waals surface area contributed by atoms with Gasteiger partial charge in [0.05, 0.1) is 0 Å². The van der Waals surface area contributed by atoms with Crippen molar-refractivity contribution in [3.63, 3.8) is 0 Å². The van der Waals surface area contributed by atoms with E-state index in [9.17, 15) is 14.4 Å². The topological polar surface area (TPSA) is 66.5 Å². The van der Waals surface area contributed by atoms with Crippen LogP contribution in [-0.2, 0) is 9.59 Å². The Labute approximate surface area is 102 Å². The van der Waals surface area contributed by atoms with Gasteiger partial charge in [0.1, 0.15) is 5.92 Å². The fourth-order valence-electron chi connectivity index (χ4n) is 1.93. The third-order valence-electron chi connectivity index (χ3n) is 3.00. The van der Waals surface area contributed by atoms with Crippen LogP contribution in [0.3, 0.4) is 0 Å². The normalized spacial score (nSPS) is 20.7. The maximum atomic E-state index is 11.9. The predicted molar refractivity (Wildman–Crippen MR) is 63.2 cm³/mol. The van der Waals surface area contributed by atoms with Gasteiger partial charge in [-0.2, -0.15) is 0 Å². The minimum Gasteiger partial charge on any atom is -0.277 e. The fraction of sp³-hybridized carbons (Fsp3) is 0.750. The van der Waals surface area contributed by atoms with Gasteiger partial charge in [-0.3, -0.25) is 19.8 Å². The smallest absolute Gasteiger partial charge is 0.277 e. The van der Waals surface area contributed by atoms with E-state index < -0.39 is 17.9 Å². The van der Waals surface area contributed by atoms with Gasteiger partial charge < -0.3 is 0 Å². The molecule has 1 atom stereocenters. The Kier molecular flexibility index (Phi) is 5.12. The second-order valence-corrected chi connectivity index (χ2v) is 4.31. The van der Waals surface area contributed by atoms with Crippen LogP contribution in [0.25, 0.3) is 0 Å². The molecule has 5 heteroatoms.